The Balaban J connectivity index is 1.82. The number of nitriles is 1. The molecule has 0 saturated heterocycles. The first-order valence-electron chi connectivity index (χ1n) is 9.88. The van der Waals surface area contributed by atoms with Crippen molar-refractivity contribution < 1.29 is 9.18 Å². The molecule has 33 heavy (non-hydrogen) atoms. The molecule has 0 spiro atoms. The van der Waals surface area contributed by atoms with E-state index in [1.54, 1.807) is 19.4 Å². The van der Waals surface area contributed by atoms with Crippen LogP contribution in [-0.4, -0.2) is 26.5 Å². The van der Waals surface area contributed by atoms with Gasteiger partial charge in [-0.15, -0.1) is 0 Å². The Labute approximate surface area is 195 Å². The molecule has 3 rings (SSSR count). The maximum absolute atomic E-state index is 14.7. The van der Waals surface area contributed by atoms with E-state index in [1.807, 2.05) is 41.1 Å². The van der Waals surface area contributed by atoms with Crippen LogP contribution in [0.15, 0.2) is 66.9 Å². The van der Waals surface area contributed by atoms with Gasteiger partial charge in [-0.2, -0.15) is 5.26 Å². The van der Waals surface area contributed by atoms with Crippen molar-refractivity contribution in [2.45, 2.75) is 19.4 Å². The minimum absolute atomic E-state index is 0.00610. The number of anilines is 2. The number of nitrogens with two attached hydrogens (primary N) is 2. The van der Waals surface area contributed by atoms with Crippen LogP contribution in [0.4, 0.5) is 15.8 Å². The molecule has 3 aromatic rings. The first kappa shape index (κ1) is 23.4. The Kier molecular flexibility index (Phi) is 7.38. The highest BCUT2D eigenvalue weighted by Gasteiger charge is 2.19. The number of primary amides is 1. The normalized spacial score (nSPS) is 12.0. The van der Waals surface area contributed by atoms with Gasteiger partial charge in [-0.05, 0) is 42.8 Å². The summed E-state index contributed by atoms with van der Waals surface area (Å²) in [5.41, 5.74) is 13.7. The first-order chi connectivity index (χ1) is 15.8. The number of aromatic nitrogens is 2. The molecule has 0 bridgehead atoms. The summed E-state index contributed by atoms with van der Waals surface area (Å²) in [6.45, 7) is 1.66. The van der Waals surface area contributed by atoms with E-state index in [2.05, 4.69) is 15.6 Å². The number of hydrogen-bond donors (Lipinski definition) is 4. The van der Waals surface area contributed by atoms with Gasteiger partial charge in [0, 0.05) is 30.2 Å². The Bertz CT molecular complexity index is 1230. The van der Waals surface area contributed by atoms with Crippen LogP contribution in [0.25, 0.3) is 5.69 Å². The number of hydrogen-bond acceptors (Lipinski definition) is 6. The number of allylic oxidation sites excluding steroid dienone is 1. The quantitative estimate of drug-likeness (QED) is 0.298. The van der Waals surface area contributed by atoms with E-state index < -0.39 is 17.8 Å². The zero-order chi connectivity index (χ0) is 24.0. The second kappa shape index (κ2) is 10.4. The number of imidazole rings is 1. The zero-order valence-corrected chi connectivity index (χ0v) is 18.6. The van der Waals surface area contributed by atoms with Gasteiger partial charge in [-0.1, -0.05) is 24.4 Å². The summed E-state index contributed by atoms with van der Waals surface area (Å²) in [6, 6.07) is 10.9. The zero-order valence-electron chi connectivity index (χ0n) is 17.7. The van der Waals surface area contributed by atoms with Crippen LogP contribution < -0.4 is 22.1 Å². The van der Waals surface area contributed by atoms with E-state index in [9.17, 15) is 14.4 Å². The SMILES string of the molecule is CC(N)=CC(=S)Nc1cc(N[C@H](Cc2ccc(-n3ccnc3)cc2)C(N)=O)c(F)cc1C#N. The van der Waals surface area contributed by atoms with Crippen LogP contribution in [0.1, 0.15) is 18.1 Å². The Morgan fingerprint density at radius 3 is 2.61 bits per heavy atom. The van der Waals surface area contributed by atoms with E-state index in [0.29, 0.717) is 5.70 Å². The standard InChI is InChI=1S/C23H22FN7OS/c1-14(26)8-22(33)30-19-11-20(18(24)10-16(19)12-25)29-21(23(27)32)9-15-2-4-17(5-3-15)31-7-6-28-13-31/h2-8,10-11,13,21,29H,9,26H2,1H3,(H2,27,32)(H,30,33)/t21-/m1/s1. The molecule has 0 aliphatic heterocycles. The highest BCUT2D eigenvalue weighted by atomic mass is 32.1. The number of halogens is 1. The molecule has 10 heteroatoms. The largest absolute Gasteiger partial charge is 0.402 e. The van der Waals surface area contributed by atoms with Crippen molar-refractivity contribution in [2.75, 3.05) is 10.6 Å². The second-order valence-corrected chi connectivity index (χ2v) is 7.75. The van der Waals surface area contributed by atoms with Crippen molar-refractivity contribution in [1.29, 1.82) is 5.26 Å². The minimum Gasteiger partial charge on any atom is -0.402 e. The van der Waals surface area contributed by atoms with Gasteiger partial charge in [-0.3, -0.25) is 4.79 Å². The molecule has 0 aliphatic carbocycles. The van der Waals surface area contributed by atoms with E-state index >= 15 is 0 Å². The molecule has 6 N–H and O–H groups in total. The van der Waals surface area contributed by atoms with Crippen LogP contribution >= 0.6 is 12.2 Å². The van der Waals surface area contributed by atoms with Gasteiger partial charge in [0.05, 0.1) is 23.3 Å². The van der Waals surface area contributed by atoms with Crippen molar-refractivity contribution in [1.82, 2.24) is 9.55 Å². The number of benzene rings is 2. The Hall–Kier alpha value is -4.23. The summed E-state index contributed by atoms with van der Waals surface area (Å²) >= 11 is 5.18. The van der Waals surface area contributed by atoms with Gasteiger partial charge < -0.3 is 26.7 Å². The third kappa shape index (κ3) is 6.15. The molecular formula is C23H22FN7OS. The minimum atomic E-state index is -0.891. The molecule has 1 heterocycles. The lowest BCUT2D eigenvalue weighted by Gasteiger charge is -2.19. The molecule has 0 radical (unpaired) electrons. The van der Waals surface area contributed by atoms with Gasteiger partial charge in [0.25, 0.3) is 0 Å². The average Bonchev–Trinajstić information content (AvgIpc) is 3.30. The van der Waals surface area contributed by atoms with Crippen molar-refractivity contribution >= 4 is 34.5 Å². The van der Waals surface area contributed by atoms with Crippen LogP contribution in [0.3, 0.4) is 0 Å². The Morgan fingerprint density at radius 1 is 1.30 bits per heavy atom. The predicted molar refractivity (Wildman–Crippen MR) is 129 cm³/mol. The molecule has 0 fully saturated rings. The number of thiocarbonyl (C=S) groups is 1. The topological polar surface area (TPSA) is 135 Å². The van der Waals surface area contributed by atoms with Crippen LogP contribution in [0.2, 0.25) is 0 Å². The predicted octanol–water partition coefficient (Wildman–Crippen LogP) is 2.99. The molecular weight excluding hydrogens is 441 g/mol. The molecule has 8 nitrogen and oxygen atoms in total. The van der Waals surface area contributed by atoms with Crippen LogP contribution in [0.5, 0.6) is 0 Å². The molecule has 168 valence electrons. The third-order valence-corrected chi connectivity index (χ3v) is 4.92. The number of nitrogens with zero attached hydrogens (tertiary/aromatic N) is 3. The highest BCUT2D eigenvalue weighted by Crippen LogP contribution is 2.26. The van der Waals surface area contributed by atoms with E-state index in [1.165, 1.54) is 12.1 Å². The van der Waals surface area contributed by atoms with Crippen molar-refractivity contribution in [3.05, 3.63) is 83.8 Å². The van der Waals surface area contributed by atoms with Gasteiger partial charge in [0.1, 0.15) is 22.9 Å². The lowest BCUT2D eigenvalue weighted by Crippen LogP contribution is -2.37. The van der Waals surface area contributed by atoms with E-state index in [-0.39, 0.29) is 28.3 Å². The van der Waals surface area contributed by atoms with E-state index in [4.69, 9.17) is 23.7 Å². The van der Waals surface area contributed by atoms with Crippen LogP contribution in [-0.2, 0) is 11.2 Å². The van der Waals surface area contributed by atoms with Gasteiger partial charge in [-0.25, -0.2) is 9.37 Å². The van der Waals surface area contributed by atoms with Crippen molar-refractivity contribution in [3.8, 4) is 11.8 Å². The average molecular weight is 464 g/mol. The fourth-order valence-electron chi connectivity index (χ4n) is 3.12. The molecule has 2 aromatic carbocycles. The lowest BCUT2D eigenvalue weighted by atomic mass is 10.0. The summed E-state index contributed by atoms with van der Waals surface area (Å²) < 4.78 is 16.5. The van der Waals surface area contributed by atoms with Gasteiger partial charge in [0.15, 0.2) is 0 Å². The van der Waals surface area contributed by atoms with Crippen molar-refractivity contribution in [3.63, 3.8) is 0 Å². The monoisotopic (exact) mass is 463 g/mol. The highest BCUT2D eigenvalue weighted by molar-refractivity contribution is 7.81. The molecule has 0 aliphatic rings. The summed E-state index contributed by atoms with van der Waals surface area (Å²) in [6.07, 6.45) is 6.91. The van der Waals surface area contributed by atoms with Gasteiger partial charge in [0.2, 0.25) is 5.91 Å². The number of carbonyl (C=O) groups is 1. The number of carbonyl (C=O) groups excluding carboxylic acids is 1. The lowest BCUT2D eigenvalue weighted by molar-refractivity contribution is -0.118. The summed E-state index contributed by atoms with van der Waals surface area (Å²) in [7, 11) is 0. The van der Waals surface area contributed by atoms with Crippen molar-refractivity contribution in [2.24, 2.45) is 11.5 Å². The number of amides is 1. The Morgan fingerprint density at radius 2 is 2.03 bits per heavy atom. The van der Waals surface area contributed by atoms with Gasteiger partial charge >= 0.3 is 0 Å². The van der Waals surface area contributed by atoms with Crippen LogP contribution in [0, 0.1) is 17.1 Å². The second-order valence-electron chi connectivity index (χ2n) is 7.31. The van der Waals surface area contributed by atoms with E-state index in [0.717, 1.165) is 17.3 Å². The molecule has 0 unspecified atom stereocenters. The third-order valence-electron chi connectivity index (χ3n) is 4.70. The maximum Gasteiger partial charge on any atom is 0.240 e. The number of rotatable bonds is 8. The molecule has 1 aromatic heterocycles. The molecule has 1 atom stereocenters. The summed E-state index contributed by atoms with van der Waals surface area (Å²) in [5.74, 6) is -1.35. The maximum atomic E-state index is 14.7. The smallest absolute Gasteiger partial charge is 0.240 e. The number of nitrogens with one attached hydrogen (secondary N) is 2. The summed E-state index contributed by atoms with van der Waals surface area (Å²) in [4.78, 5) is 16.4. The first-order valence-corrected chi connectivity index (χ1v) is 10.3. The molecule has 0 saturated carbocycles. The summed E-state index contributed by atoms with van der Waals surface area (Å²) in [5, 5.41) is 15.0. The molecule has 1 amide bonds. The fraction of sp³-hybridized carbons (Fsp3) is 0.130. The fourth-order valence-corrected chi connectivity index (χ4v) is 3.41.